The normalized spacial score (nSPS) is 10.3. The van der Waals surface area contributed by atoms with Crippen molar-refractivity contribution >= 4 is 5.69 Å². The van der Waals surface area contributed by atoms with Gasteiger partial charge in [0.25, 0.3) is 0 Å². The van der Waals surface area contributed by atoms with Crippen LogP contribution in [-0.2, 0) is 13.2 Å². The highest BCUT2D eigenvalue weighted by atomic mass is 16.5. The molecular weight excluding hydrogens is 310 g/mol. The molecule has 0 atom stereocenters. The molecule has 0 aliphatic heterocycles. The predicted molar refractivity (Wildman–Crippen MR) is 102 cm³/mol. The fourth-order valence-electron chi connectivity index (χ4n) is 2.55. The Bertz CT molecular complexity index is 798. The summed E-state index contributed by atoms with van der Waals surface area (Å²) in [6.07, 6.45) is 0. The van der Waals surface area contributed by atoms with Crippen LogP contribution in [0.5, 0.6) is 11.5 Å². The van der Waals surface area contributed by atoms with Gasteiger partial charge in [0.15, 0.2) is 11.5 Å². The molecule has 0 heterocycles. The van der Waals surface area contributed by atoms with E-state index in [2.05, 4.69) is 54.7 Å². The Balaban J connectivity index is 1.63. The van der Waals surface area contributed by atoms with E-state index < -0.39 is 0 Å². The summed E-state index contributed by atoms with van der Waals surface area (Å²) in [4.78, 5) is 0. The summed E-state index contributed by atoms with van der Waals surface area (Å²) in [6.45, 7) is 3.34. The van der Waals surface area contributed by atoms with Gasteiger partial charge in [0.2, 0.25) is 0 Å². The third-order valence-corrected chi connectivity index (χ3v) is 4.01. The summed E-state index contributed by atoms with van der Waals surface area (Å²) in [7, 11) is 1.67. The van der Waals surface area contributed by atoms with Gasteiger partial charge >= 0.3 is 0 Å². The molecule has 0 aliphatic carbocycles. The molecule has 0 radical (unpaired) electrons. The van der Waals surface area contributed by atoms with E-state index in [4.69, 9.17) is 9.47 Å². The maximum Gasteiger partial charge on any atom is 0.161 e. The standard InChI is InChI=1S/C22H23NO2/c1-17-8-10-18(11-9-17)16-25-21-13-12-19(14-22(21)24-2)15-23-20-6-4-3-5-7-20/h3-14,23H,15-16H2,1-2H3. The summed E-state index contributed by atoms with van der Waals surface area (Å²) in [5.41, 5.74) is 4.63. The van der Waals surface area contributed by atoms with Gasteiger partial charge in [-0.1, -0.05) is 54.1 Å². The Kier molecular flexibility index (Phi) is 5.57. The van der Waals surface area contributed by atoms with Crippen LogP contribution in [0.15, 0.2) is 72.8 Å². The lowest BCUT2D eigenvalue weighted by Crippen LogP contribution is -2.01. The molecule has 128 valence electrons. The topological polar surface area (TPSA) is 30.5 Å². The molecule has 0 amide bonds. The zero-order valence-electron chi connectivity index (χ0n) is 14.7. The summed E-state index contributed by atoms with van der Waals surface area (Å²) in [5.74, 6) is 1.51. The number of hydrogen-bond acceptors (Lipinski definition) is 3. The van der Waals surface area contributed by atoms with Crippen LogP contribution in [0.4, 0.5) is 5.69 Å². The second-order valence-electron chi connectivity index (χ2n) is 5.98. The van der Waals surface area contributed by atoms with Gasteiger partial charge in [-0.15, -0.1) is 0 Å². The Morgan fingerprint density at radius 2 is 1.52 bits per heavy atom. The molecule has 0 saturated heterocycles. The minimum absolute atomic E-state index is 0.526. The van der Waals surface area contributed by atoms with Crippen molar-refractivity contribution < 1.29 is 9.47 Å². The molecule has 0 fully saturated rings. The van der Waals surface area contributed by atoms with E-state index >= 15 is 0 Å². The SMILES string of the molecule is COc1cc(CNc2ccccc2)ccc1OCc1ccc(C)cc1. The first-order chi connectivity index (χ1) is 12.2. The van der Waals surface area contributed by atoms with Gasteiger partial charge in [-0.05, 0) is 42.3 Å². The van der Waals surface area contributed by atoms with Crippen LogP contribution < -0.4 is 14.8 Å². The Hall–Kier alpha value is -2.94. The van der Waals surface area contributed by atoms with Crippen molar-refractivity contribution in [2.75, 3.05) is 12.4 Å². The molecule has 1 N–H and O–H groups in total. The quantitative estimate of drug-likeness (QED) is 0.645. The first-order valence-electron chi connectivity index (χ1n) is 8.39. The van der Waals surface area contributed by atoms with E-state index in [0.29, 0.717) is 6.61 Å². The van der Waals surface area contributed by atoms with E-state index in [1.54, 1.807) is 7.11 Å². The highest BCUT2D eigenvalue weighted by molar-refractivity contribution is 5.46. The highest BCUT2D eigenvalue weighted by Crippen LogP contribution is 2.29. The highest BCUT2D eigenvalue weighted by Gasteiger charge is 2.06. The average Bonchev–Trinajstić information content (AvgIpc) is 2.67. The monoisotopic (exact) mass is 333 g/mol. The molecule has 0 aromatic heterocycles. The second-order valence-corrected chi connectivity index (χ2v) is 5.98. The zero-order valence-corrected chi connectivity index (χ0v) is 14.7. The fourth-order valence-corrected chi connectivity index (χ4v) is 2.55. The molecule has 25 heavy (non-hydrogen) atoms. The first-order valence-corrected chi connectivity index (χ1v) is 8.39. The largest absolute Gasteiger partial charge is 0.493 e. The number of aryl methyl sites for hydroxylation is 1. The lowest BCUT2D eigenvalue weighted by molar-refractivity contribution is 0.284. The van der Waals surface area contributed by atoms with E-state index in [-0.39, 0.29) is 0 Å². The van der Waals surface area contributed by atoms with Crippen molar-refractivity contribution in [1.29, 1.82) is 0 Å². The summed E-state index contributed by atoms with van der Waals surface area (Å²) in [6, 6.07) is 24.5. The third kappa shape index (κ3) is 4.77. The van der Waals surface area contributed by atoms with E-state index in [1.807, 2.05) is 30.3 Å². The van der Waals surface area contributed by atoms with Crippen LogP contribution in [0.3, 0.4) is 0 Å². The molecule has 3 nitrogen and oxygen atoms in total. The van der Waals surface area contributed by atoms with Crippen LogP contribution in [0.25, 0.3) is 0 Å². The van der Waals surface area contributed by atoms with Gasteiger partial charge in [0.1, 0.15) is 6.61 Å². The number of ether oxygens (including phenoxy) is 2. The number of benzene rings is 3. The molecule has 3 heteroatoms. The van der Waals surface area contributed by atoms with Gasteiger partial charge in [-0.2, -0.15) is 0 Å². The molecule has 0 aliphatic rings. The van der Waals surface area contributed by atoms with E-state index in [0.717, 1.165) is 34.9 Å². The molecule has 3 aromatic rings. The molecule has 3 rings (SSSR count). The van der Waals surface area contributed by atoms with Crippen LogP contribution in [-0.4, -0.2) is 7.11 Å². The lowest BCUT2D eigenvalue weighted by atomic mass is 10.1. The fraction of sp³-hybridized carbons (Fsp3) is 0.182. The minimum Gasteiger partial charge on any atom is -0.493 e. The van der Waals surface area contributed by atoms with Crippen molar-refractivity contribution in [2.24, 2.45) is 0 Å². The summed E-state index contributed by atoms with van der Waals surface area (Å²) >= 11 is 0. The van der Waals surface area contributed by atoms with Gasteiger partial charge in [0.05, 0.1) is 7.11 Å². The van der Waals surface area contributed by atoms with Crippen LogP contribution >= 0.6 is 0 Å². The van der Waals surface area contributed by atoms with Crippen molar-refractivity contribution in [3.05, 3.63) is 89.5 Å². The number of rotatable bonds is 7. The molecule has 0 saturated carbocycles. The van der Waals surface area contributed by atoms with Gasteiger partial charge in [-0.3, -0.25) is 0 Å². The third-order valence-electron chi connectivity index (χ3n) is 4.01. The zero-order chi connectivity index (χ0) is 17.5. The van der Waals surface area contributed by atoms with Gasteiger partial charge in [-0.25, -0.2) is 0 Å². The van der Waals surface area contributed by atoms with E-state index in [1.165, 1.54) is 5.56 Å². The molecular formula is C22H23NO2. The predicted octanol–water partition coefficient (Wildman–Crippen LogP) is 5.19. The Labute approximate surface area is 149 Å². The molecule has 0 spiro atoms. The Morgan fingerprint density at radius 3 is 2.24 bits per heavy atom. The van der Waals surface area contributed by atoms with Crippen LogP contribution in [0.1, 0.15) is 16.7 Å². The number of methoxy groups -OCH3 is 1. The summed E-state index contributed by atoms with van der Waals surface area (Å²) in [5, 5.41) is 3.40. The number of anilines is 1. The van der Waals surface area contributed by atoms with Crippen molar-refractivity contribution in [2.45, 2.75) is 20.1 Å². The Morgan fingerprint density at radius 1 is 0.800 bits per heavy atom. The maximum atomic E-state index is 5.93. The smallest absolute Gasteiger partial charge is 0.161 e. The maximum absolute atomic E-state index is 5.93. The van der Waals surface area contributed by atoms with Crippen LogP contribution in [0.2, 0.25) is 0 Å². The van der Waals surface area contributed by atoms with Crippen LogP contribution in [0, 0.1) is 6.92 Å². The average molecular weight is 333 g/mol. The number of para-hydroxylation sites is 1. The second kappa shape index (κ2) is 8.25. The van der Waals surface area contributed by atoms with Gasteiger partial charge in [0, 0.05) is 12.2 Å². The van der Waals surface area contributed by atoms with Crippen molar-refractivity contribution in [3.8, 4) is 11.5 Å². The number of nitrogens with one attached hydrogen (secondary N) is 1. The summed E-state index contributed by atoms with van der Waals surface area (Å²) < 4.78 is 11.4. The molecule has 0 unspecified atom stereocenters. The van der Waals surface area contributed by atoms with E-state index in [9.17, 15) is 0 Å². The van der Waals surface area contributed by atoms with Crippen molar-refractivity contribution in [3.63, 3.8) is 0 Å². The lowest BCUT2D eigenvalue weighted by Gasteiger charge is -2.13. The van der Waals surface area contributed by atoms with Gasteiger partial charge < -0.3 is 14.8 Å². The minimum atomic E-state index is 0.526. The first kappa shape index (κ1) is 16.9. The number of hydrogen-bond donors (Lipinski definition) is 1. The molecule has 3 aromatic carbocycles. The molecule has 0 bridgehead atoms. The van der Waals surface area contributed by atoms with Crippen molar-refractivity contribution in [1.82, 2.24) is 0 Å².